The number of carbonyl (C=O) groups is 1. The number of fused-ring (bicyclic) bond motifs is 7. The van der Waals surface area contributed by atoms with E-state index in [9.17, 15) is 55.9 Å². The topological polar surface area (TPSA) is 275 Å². The molecule has 64 heavy (non-hydrogen) atoms. The van der Waals surface area contributed by atoms with Gasteiger partial charge in [0, 0.05) is 5.92 Å². The third kappa shape index (κ3) is 7.23. The fourth-order valence-corrected chi connectivity index (χ4v) is 15.0. The minimum atomic E-state index is -1.80. The van der Waals surface area contributed by atoms with Crippen molar-refractivity contribution in [3.63, 3.8) is 0 Å². The van der Waals surface area contributed by atoms with Crippen LogP contribution in [0.1, 0.15) is 113 Å². The average Bonchev–Trinajstić information content (AvgIpc) is 3.23. The summed E-state index contributed by atoms with van der Waals surface area (Å²) in [5.41, 5.74) is -2.10. The Morgan fingerprint density at radius 1 is 0.719 bits per heavy atom. The smallest absolute Gasteiger partial charge is 0.310 e. The van der Waals surface area contributed by atoms with Crippen LogP contribution in [0.25, 0.3) is 0 Å². The van der Waals surface area contributed by atoms with Crippen molar-refractivity contribution in [3.05, 3.63) is 11.6 Å². The van der Waals surface area contributed by atoms with Crippen molar-refractivity contribution in [1.82, 2.24) is 0 Å². The number of aliphatic carboxylic acids is 1. The van der Waals surface area contributed by atoms with Crippen molar-refractivity contribution in [3.8, 4) is 0 Å². The normalized spacial score (nSPS) is 56.1. The van der Waals surface area contributed by atoms with E-state index < -0.39 is 127 Å². The molecule has 0 aromatic heterocycles. The number of rotatable bonds is 8. The Morgan fingerprint density at radius 3 is 2.06 bits per heavy atom. The van der Waals surface area contributed by atoms with Gasteiger partial charge >= 0.3 is 5.97 Å². The molecule has 8 aliphatic rings. The molecule has 4 saturated carbocycles. The lowest BCUT2D eigenvalue weighted by atomic mass is 9.33. The quantitative estimate of drug-likeness (QED) is 0.122. The summed E-state index contributed by atoms with van der Waals surface area (Å²) in [5, 5.41) is 109. The van der Waals surface area contributed by atoms with Gasteiger partial charge in [0.25, 0.3) is 0 Å². The van der Waals surface area contributed by atoms with Gasteiger partial charge in [-0.3, -0.25) is 4.79 Å². The first-order chi connectivity index (χ1) is 29.8. The zero-order valence-electron chi connectivity index (χ0n) is 38.7. The van der Waals surface area contributed by atoms with Crippen molar-refractivity contribution in [2.75, 3.05) is 13.2 Å². The van der Waals surface area contributed by atoms with Crippen LogP contribution >= 0.6 is 0 Å². The third-order valence-corrected chi connectivity index (χ3v) is 19.4. The summed E-state index contributed by atoms with van der Waals surface area (Å²) in [6, 6.07) is 0. The second kappa shape index (κ2) is 16.9. The van der Waals surface area contributed by atoms with E-state index in [0.717, 1.165) is 37.7 Å². The monoisotopic (exact) mass is 913 g/mol. The molecule has 3 aliphatic heterocycles. The standard InChI is InChI=1S/C47H76O17/c1-21-11-16-47(41(56)57)18-17-44(6)23(37(47)46(21,8)58)9-10-27-43(5)14-13-28(42(3,4)26(43)12-15-45(27,44)7)62-39-35(30(51)24(49)20-59-39)64-40-36(33(54)31(52)25(19-48)61-40)63-38-34(55)32(53)29(50)22(2)60-38/h9,21-22,24-40,48-55,58H,10-20H2,1-8H3,(H,56,57)/t21-,22+,24-,25-,26+,27+,28+,29+,30-,31-,32-,33+,34+,35-,36-,37-,38-,39-,40+,43-,44-,45+,46+,47+/m0/s1. The maximum Gasteiger partial charge on any atom is 0.310 e. The van der Waals surface area contributed by atoms with Crippen LogP contribution < -0.4 is 0 Å². The molecular weight excluding hydrogens is 837 g/mol. The molecule has 17 nitrogen and oxygen atoms in total. The Morgan fingerprint density at radius 2 is 1.39 bits per heavy atom. The molecule has 5 aliphatic carbocycles. The number of aliphatic hydroxyl groups excluding tert-OH is 8. The van der Waals surface area contributed by atoms with E-state index in [1.807, 2.05) is 13.8 Å². The van der Waals surface area contributed by atoms with Crippen LogP contribution in [-0.2, 0) is 33.2 Å². The van der Waals surface area contributed by atoms with Crippen LogP contribution in [0.3, 0.4) is 0 Å². The van der Waals surface area contributed by atoms with Gasteiger partial charge in [-0.15, -0.1) is 0 Å². The van der Waals surface area contributed by atoms with Gasteiger partial charge in [0.1, 0.15) is 61.0 Å². The highest BCUT2D eigenvalue weighted by molar-refractivity contribution is 5.77. The summed E-state index contributed by atoms with van der Waals surface area (Å²) in [7, 11) is 0. The number of carboxylic acid groups (broad SMARTS) is 1. The number of hydrogen-bond acceptors (Lipinski definition) is 16. The predicted octanol–water partition coefficient (Wildman–Crippen LogP) is 1.34. The van der Waals surface area contributed by atoms with Gasteiger partial charge in [0.05, 0.1) is 36.4 Å². The second-order valence-corrected chi connectivity index (χ2v) is 22.7. The van der Waals surface area contributed by atoms with Gasteiger partial charge in [-0.25, -0.2) is 0 Å². The molecule has 10 N–H and O–H groups in total. The Bertz CT molecular complexity index is 1760. The zero-order chi connectivity index (χ0) is 46.9. The first-order valence-electron chi connectivity index (χ1n) is 23.7. The molecule has 3 heterocycles. The molecule has 7 fully saturated rings. The summed E-state index contributed by atoms with van der Waals surface area (Å²) in [4.78, 5) is 13.2. The maximum absolute atomic E-state index is 13.2. The molecule has 0 aromatic rings. The molecule has 0 spiro atoms. The van der Waals surface area contributed by atoms with Crippen LogP contribution in [0.2, 0.25) is 0 Å². The molecular formula is C47H76O17. The van der Waals surface area contributed by atoms with Crippen LogP contribution in [0, 0.1) is 50.7 Å². The van der Waals surface area contributed by atoms with Crippen LogP contribution in [0.15, 0.2) is 11.6 Å². The molecule has 0 unspecified atom stereocenters. The lowest BCUT2D eigenvalue weighted by Crippen LogP contribution is -2.68. The molecule has 366 valence electrons. The summed E-state index contributed by atoms with van der Waals surface area (Å²) >= 11 is 0. The van der Waals surface area contributed by atoms with Gasteiger partial charge in [-0.1, -0.05) is 53.2 Å². The van der Waals surface area contributed by atoms with Crippen molar-refractivity contribution < 1.29 is 84.3 Å². The molecule has 0 radical (unpaired) electrons. The Balaban J connectivity index is 1.04. The Labute approximate surface area is 376 Å². The van der Waals surface area contributed by atoms with E-state index in [0.29, 0.717) is 25.7 Å². The molecule has 17 heteroatoms. The fraction of sp³-hybridized carbons (Fsp3) is 0.936. The Hall–Kier alpha value is -1.39. The van der Waals surface area contributed by atoms with Gasteiger partial charge < -0.3 is 79.5 Å². The van der Waals surface area contributed by atoms with E-state index in [1.54, 1.807) is 0 Å². The fourth-order valence-electron chi connectivity index (χ4n) is 15.0. The number of carboxylic acids is 1. The van der Waals surface area contributed by atoms with Gasteiger partial charge in [0.2, 0.25) is 0 Å². The lowest BCUT2D eigenvalue weighted by molar-refractivity contribution is -0.392. The first-order valence-corrected chi connectivity index (χ1v) is 23.7. The molecule has 0 amide bonds. The highest BCUT2D eigenvalue weighted by atomic mass is 16.8. The van der Waals surface area contributed by atoms with E-state index >= 15 is 0 Å². The van der Waals surface area contributed by atoms with Gasteiger partial charge in [-0.2, -0.15) is 0 Å². The first kappa shape index (κ1) is 49.0. The predicted molar refractivity (Wildman–Crippen MR) is 225 cm³/mol. The number of ether oxygens (including phenoxy) is 6. The largest absolute Gasteiger partial charge is 0.481 e. The highest BCUT2D eigenvalue weighted by Gasteiger charge is 2.71. The van der Waals surface area contributed by atoms with Gasteiger partial charge in [-0.05, 0) is 111 Å². The van der Waals surface area contributed by atoms with Crippen LogP contribution in [0.5, 0.6) is 0 Å². The average molecular weight is 913 g/mol. The summed E-state index contributed by atoms with van der Waals surface area (Å²) < 4.78 is 36.6. The minimum absolute atomic E-state index is 0.0348. The third-order valence-electron chi connectivity index (χ3n) is 19.4. The van der Waals surface area contributed by atoms with E-state index in [2.05, 4.69) is 40.7 Å². The van der Waals surface area contributed by atoms with Gasteiger partial charge in [0.15, 0.2) is 18.9 Å². The SMILES string of the molecule is C[C@H]1O[C@@H](O[C@@H]2[C@@H](O[C@@H]3[C@H](O[C@@H]4CC[C@@]5(C)[C@H](CC[C@]6(C)[C@@H]5CC=C5[C@@H]7[C@@](C(=O)O)(CC[C@H](C)[C@@]7(C)O)CC[C@@]56C)C4(C)C)OC[C@H](O)[C@@H]3O)O[C@@H](CO)[C@H](O)[C@H]2O)[C@H](O)[C@@H](O)[C@@H]1O. The van der Waals surface area contributed by atoms with Crippen LogP contribution in [-0.4, -0.2) is 168 Å². The maximum atomic E-state index is 13.2. The van der Waals surface area contributed by atoms with Crippen molar-refractivity contribution >= 4 is 5.97 Å². The van der Waals surface area contributed by atoms with E-state index in [4.69, 9.17) is 28.4 Å². The minimum Gasteiger partial charge on any atom is -0.481 e. The highest BCUT2D eigenvalue weighted by Crippen LogP contribution is 2.76. The van der Waals surface area contributed by atoms with Crippen molar-refractivity contribution in [2.24, 2.45) is 50.7 Å². The number of aliphatic hydroxyl groups is 9. The van der Waals surface area contributed by atoms with E-state index in [-0.39, 0.29) is 40.6 Å². The summed E-state index contributed by atoms with van der Waals surface area (Å²) in [6.07, 6.45) is -13.0. The van der Waals surface area contributed by atoms with E-state index in [1.165, 1.54) is 6.92 Å². The van der Waals surface area contributed by atoms with Crippen molar-refractivity contribution in [2.45, 2.75) is 211 Å². The van der Waals surface area contributed by atoms with Crippen molar-refractivity contribution in [1.29, 1.82) is 0 Å². The lowest BCUT2D eigenvalue weighted by Gasteiger charge is -2.72. The molecule has 3 saturated heterocycles. The molecule has 24 atom stereocenters. The molecule has 0 bridgehead atoms. The molecule has 0 aromatic carbocycles. The number of hydrogen-bond donors (Lipinski definition) is 10. The zero-order valence-corrected chi connectivity index (χ0v) is 38.7. The number of allylic oxidation sites excluding steroid dienone is 1. The summed E-state index contributed by atoms with van der Waals surface area (Å²) in [5.74, 6) is -0.871. The Kier molecular flexibility index (Phi) is 13.0. The van der Waals surface area contributed by atoms with Crippen LogP contribution in [0.4, 0.5) is 0 Å². The summed E-state index contributed by atoms with van der Waals surface area (Å²) in [6.45, 7) is 15.9. The second-order valence-electron chi connectivity index (χ2n) is 22.7. The molecule has 8 rings (SSSR count).